The van der Waals surface area contributed by atoms with Crippen molar-refractivity contribution in [2.75, 3.05) is 62.2 Å². The highest BCUT2D eigenvalue weighted by Gasteiger charge is 2.49. The first-order valence-corrected chi connectivity index (χ1v) is 14.0. The molecule has 2 fully saturated rings. The van der Waals surface area contributed by atoms with E-state index in [0.29, 0.717) is 18.0 Å². The van der Waals surface area contributed by atoms with E-state index in [2.05, 4.69) is 9.80 Å². The van der Waals surface area contributed by atoms with Crippen LogP contribution in [0.4, 0.5) is 5.69 Å². The summed E-state index contributed by atoms with van der Waals surface area (Å²) >= 11 is 3.78. The number of fused-ring (bicyclic) bond motifs is 2. The molecule has 6 nitrogen and oxygen atoms in total. The van der Waals surface area contributed by atoms with Crippen LogP contribution in [0, 0.1) is 0 Å². The minimum Gasteiger partial charge on any atom is -0.508 e. The molecule has 3 heterocycles. The highest BCUT2D eigenvalue weighted by molar-refractivity contribution is 8.20. The molecule has 2 aromatic carbocycles. The van der Waals surface area contributed by atoms with Gasteiger partial charge in [0, 0.05) is 63.0 Å². The van der Waals surface area contributed by atoms with Gasteiger partial charge in [-0.25, -0.2) is 8.42 Å². The molecule has 2 aromatic rings. The van der Waals surface area contributed by atoms with Crippen LogP contribution in [0.5, 0.6) is 5.75 Å². The fraction of sp³-hybridized carbons (Fsp3) is 0.455. The van der Waals surface area contributed by atoms with Crippen LogP contribution >= 0.6 is 23.5 Å². The Morgan fingerprint density at radius 3 is 2.29 bits per heavy atom. The number of benzene rings is 2. The fourth-order valence-electron chi connectivity index (χ4n) is 4.59. The summed E-state index contributed by atoms with van der Waals surface area (Å²) in [6, 6.07) is 14.9. The molecule has 0 aromatic heterocycles. The van der Waals surface area contributed by atoms with Crippen LogP contribution in [0.3, 0.4) is 0 Å². The third-order valence-corrected chi connectivity index (χ3v) is 11.6. The van der Waals surface area contributed by atoms with Crippen molar-refractivity contribution in [3.8, 4) is 5.75 Å². The average Bonchev–Trinajstić information content (AvgIpc) is 3.26. The second-order valence-corrected chi connectivity index (χ2v) is 13.1. The van der Waals surface area contributed by atoms with Gasteiger partial charge in [0.05, 0.1) is 4.90 Å². The highest BCUT2D eigenvalue weighted by atomic mass is 32.2. The molecule has 3 aliphatic rings. The van der Waals surface area contributed by atoms with Gasteiger partial charge in [-0.05, 0) is 35.9 Å². The zero-order valence-corrected chi connectivity index (χ0v) is 19.8. The summed E-state index contributed by atoms with van der Waals surface area (Å²) in [4.78, 5) is 5.15. The predicted molar refractivity (Wildman–Crippen MR) is 129 cm³/mol. The van der Waals surface area contributed by atoms with Crippen molar-refractivity contribution in [2.24, 2.45) is 0 Å². The summed E-state index contributed by atoms with van der Waals surface area (Å²) in [7, 11) is -3.46. The van der Waals surface area contributed by atoms with E-state index in [-0.39, 0.29) is 9.83 Å². The lowest BCUT2D eigenvalue weighted by molar-refractivity contribution is 0.234. The van der Waals surface area contributed by atoms with Gasteiger partial charge in [-0.2, -0.15) is 4.31 Å². The van der Waals surface area contributed by atoms with Gasteiger partial charge >= 0.3 is 0 Å². The van der Waals surface area contributed by atoms with Crippen molar-refractivity contribution >= 4 is 39.2 Å². The van der Waals surface area contributed by atoms with E-state index >= 15 is 0 Å². The minimum absolute atomic E-state index is 0.167. The third-order valence-electron chi connectivity index (χ3n) is 6.31. The van der Waals surface area contributed by atoms with Gasteiger partial charge in [0.25, 0.3) is 0 Å². The summed E-state index contributed by atoms with van der Waals surface area (Å²) in [5.41, 5.74) is 2.09. The first-order chi connectivity index (χ1) is 15.0. The van der Waals surface area contributed by atoms with Crippen LogP contribution in [0.25, 0.3) is 0 Å². The predicted octanol–water partition coefficient (Wildman–Crippen LogP) is 2.85. The van der Waals surface area contributed by atoms with Gasteiger partial charge < -0.3 is 10.0 Å². The molecule has 0 atom stereocenters. The molecule has 2 saturated heterocycles. The van der Waals surface area contributed by atoms with Crippen LogP contribution in [0.2, 0.25) is 0 Å². The molecule has 31 heavy (non-hydrogen) atoms. The van der Waals surface area contributed by atoms with Crippen LogP contribution < -0.4 is 4.90 Å². The maximum atomic E-state index is 13.3. The molecular formula is C22H27N3O3S3. The molecule has 0 unspecified atom stereocenters. The lowest BCUT2D eigenvalue weighted by Gasteiger charge is -2.41. The number of sulfonamides is 1. The SMILES string of the molecule is O=S1(=O)c2ccccc2C2(CN1CCN1CCN(c3ccc(O)cc3)CC1)SCCS2. The Morgan fingerprint density at radius 1 is 0.903 bits per heavy atom. The molecule has 9 heteroatoms. The summed E-state index contributed by atoms with van der Waals surface area (Å²) in [6.07, 6.45) is 0. The number of aromatic hydroxyl groups is 1. The van der Waals surface area contributed by atoms with Crippen molar-refractivity contribution in [2.45, 2.75) is 8.97 Å². The van der Waals surface area contributed by atoms with Gasteiger partial charge in [-0.1, -0.05) is 18.2 Å². The molecule has 1 N–H and O–H groups in total. The number of nitrogens with zero attached hydrogens (tertiary/aromatic N) is 3. The molecular weight excluding hydrogens is 450 g/mol. The molecule has 1 spiro atoms. The van der Waals surface area contributed by atoms with Crippen molar-refractivity contribution < 1.29 is 13.5 Å². The van der Waals surface area contributed by atoms with Gasteiger partial charge in [0.1, 0.15) is 9.83 Å². The lowest BCUT2D eigenvalue weighted by Crippen LogP contribution is -2.51. The summed E-state index contributed by atoms with van der Waals surface area (Å²) in [5.74, 6) is 2.40. The second kappa shape index (κ2) is 8.51. The number of anilines is 1. The number of phenols is 1. The van der Waals surface area contributed by atoms with Crippen molar-refractivity contribution in [3.63, 3.8) is 0 Å². The zero-order valence-electron chi connectivity index (χ0n) is 17.3. The number of phenolic OH excluding ortho intramolecular Hbond substituents is 1. The minimum atomic E-state index is -3.46. The maximum absolute atomic E-state index is 13.3. The highest BCUT2D eigenvalue weighted by Crippen LogP contribution is 2.56. The van der Waals surface area contributed by atoms with E-state index in [0.717, 1.165) is 55.5 Å². The van der Waals surface area contributed by atoms with Gasteiger partial charge in [0.2, 0.25) is 10.0 Å². The van der Waals surface area contributed by atoms with E-state index < -0.39 is 10.0 Å². The van der Waals surface area contributed by atoms with Crippen LogP contribution in [-0.2, 0) is 14.1 Å². The lowest BCUT2D eigenvalue weighted by atomic mass is 10.1. The zero-order chi connectivity index (χ0) is 21.5. The first kappa shape index (κ1) is 21.5. The Kier molecular flexibility index (Phi) is 5.89. The quantitative estimate of drug-likeness (QED) is 0.726. The summed E-state index contributed by atoms with van der Waals surface area (Å²) < 4.78 is 28.2. The molecule has 166 valence electrons. The second-order valence-electron chi connectivity index (χ2n) is 8.13. The average molecular weight is 478 g/mol. The number of rotatable bonds is 4. The van der Waals surface area contributed by atoms with Crippen molar-refractivity contribution in [3.05, 3.63) is 54.1 Å². The Hall–Kier alpha value is -1.39. The summed E-state index contributed by atoms with van der Waals surface area (Å²) in [6.45, 7) is 5.43. The topological polar surface area (TPSA) is 64.1 Å². The number of thioether (sulfide) groups is 2. The van der Waals surface area contributed by atoms with Crippen molar-refractivity contribution in [1.82, 2.24) is 9.21 Å². The Bertz CT molecular complexity index is 1030. The molecule has 0 radical (unpaired) electrons. The Balaban J connectivity index is 1.25. The van der Waals surface area contributed by atoms with Crippen LogP contribution in [-0.4, -0.2) is 80.0 Å². The van der Waals surface area contributed by atoms with E-state index in [1.54, 1.807) is 22.5 Å². The number of piperazine rings is 1. The van der Waals surface area contributed by atoms with E-state index in [9.17, 15) is 13.5 Å². The molecule has 0 aliphatic carbocycles. The largest absolute Gasteiger partial charge is 0.508 e. The number of hydrogen-bond acceptors (Lipinski definition) is 7. The third kappa shape index (κ3) is 4.06. The molecule has 5 rings (SSSR count). The molecule has 0 saturated carbocycles. The first-order valence-electron chi connectivity index (χ1n) is 10.6. The Labute approximate surface area is 192 Å². The summed E-state index contributed by atoms with van der Waals surface area (Å²) in [5, 5.41) is 9.49. The normalized spacial score (nSPS) is 23.2. The van der Waals surface area contributed by atoms with Crippen LogP contribution in [0.15, 0.2) is 53.4 Å². The maximum Gasteiger partial charge on any atom is 0.243 e. The molecule has 0 amide bonds. The Morgan fingerprint density at radius 2 is 1.58 bits per heavy atom. The van der Waals surface area contributed by atoms with E-state index in [4.69, 9.17) is 0 Å². The van der Waals surface area contributed by atoms with E-state index in [1.807, 2.05) is 53.9 Å². The van der Waals surface area contributed by atoms with Gasteiger partial charge in [0.15, 0.2) is 0 Å². The van der Waals surface area contributed by atoms with Gasteiger partial charge in [-0.15, -0.1) is 23.5 Å². The van der Waals surface area contributed by atoms with E-state index in [1.165, 1.54) is 0 Å². The molecule has 0 bridgehead atoms. The smallest absolute Gasteiger partial charge is 0.243 e. The molecule has 3 aliphatic heterocycles. The fourth-order valence-corrected chi connectivity index (χ4v) is 9.94. The van der Waals surface area contributed by atoms with Crippen molar-refractivity contribution in [1.29, 1.82) is 0 Å². The van der Waals surface area contributed by atoms with Gasteiger partial charge in [-0.3, -0.25) is 4.90 Å². The standard InChI is InChI=1S/C22H27N3O3S3/c26-19-7-5-18(6-8-19)24-12-9-23(10-13-24)11-14-25-17-22(29-15-16-30-22)20-3-1-2-4-21(20)31(25,27)28/h1-8,26H,9-17H2. The monoisotopic (exact) mass is 477 g/mol. The number of hydrogen-bond donors (Lipinski definition) is 1. The van der Waals surface area contributed by atoms with Crippen LogP contribution in [0.1, 0.15) is 5.56 Å².